The van der Waals surface area contributed by atoms with Gasteiger partial charge in [-0.2, -0.15) is 5.10 Å². The van der Waals surface area contributed by atoms with E-state index in [4.69, 9.17) is 0 Å². The fraction of sp³-hybridized carbons (Fsp3) is 0.750. The molecule has 5 heteroatoms. The van der Waals surface area contributed by atoms with E-state index in [9.17, 15) is 9.59 Å². The van der Waals surface area contributed by atoms with Gasteiger partial charge in [-0.1, -0.05) is 33.6 Å². The Labute approximate surface area is 150 Å². The van der Waals surface area contributed by atoms with Crippen molar-refractivity contribution in [2.45, 2.75) is 83.7 Å². The molecule has 1 atom stereocenters. The topological polar surface area (TPSA) is 55.2 Å². The van der Waals surface area contributed by atoms with Gasteiger partial charge >= 0.3 is 0 Å². The minimum Gasteiger partial charge on any atom is -0.338 e. The van der Waals surface area contributed by atoms with Crippen molar-refractivity contribution in [3.05, 3.63) is 28.2 Å². The molecule has 1 aromatic heterocycles. The number of hydrogen-bond acceptors (Lipinski definition) is 3. The number of nitrogens with zero attached hydrogens (tertiary/aromatic N) is 3. The van der Waals surface area contributed by atoms with Gasteiger partial charge in [-0.05, 0) is 37.7 Å². The Morgan fingerprint density at radius 2 is 1.88 bits per heavy atom. The van der Waals surface area contributed by atoms with Crippen LogP contribution in [-0.4, -0.2) is 33.2 Å². The van der Waals surface area contributed by atoms with Gasteiger partial charge in [0.1, 0.15) is 0 Å². The van der Waals surface area contributed by atoms with Crippen molar-refractivity contribution in [2.24, 2.45) is 5.92 Å². The summed E-state index contributed by atoms with van der Waals surface area (Å²) in [6.07, 6.45) is 7.58. The Morgan fingerprint density at radius 1 is 1.16 bits per heavy atom. The van der Waals surface area contributed by atoms with Crippen LogP contribution >= 0.6 is 0 Å². The summed E-state index contributed by atoms with van der Waals surface area (Å²) in [5.74, 6) is 0.841. The first-order valence-corrected chi connectivity index (χ1v) is 9.73. The molecule has 2 fully saturated rings. The van der Waals surface area contributed by atoms with E-state index < -0.39 is 0 Å². The highest BCUT2D eigenvalue weighted by molar-refractivity contribution is 5.77. The molecule has 1 saturated heterocycles. The first-order valence-electron chi connectivity index (χ1n) is 9.73. The average molecular weight is 345 g/mol. The van der Waals surface area contributed by atoms with Crippen LogP contribution in [0.3, 0.4) is 0 Å². The molecule has 5 nitrogen and oxygen atoms in total. The highest BCUT2D eigenvalue weighted by Crippen LogP contribution is 2.29. The first-order chi connectivity index (χ1) is 11.8. The highest BCUT2D eigenvalue weighted by Gasteiger charge is 2.31. The molecule has 0 spiro atoms. The van der Waals surface area contributed by atoms with Gasteiger partial charge in [0.15, 0.2) is 0 Å². The number of rotatable bonds is 4. The van der Waals surface area contributed by atoms with Crippen molar-refractivity contribution in [2.75, 3.05) is 6.54 Å². The van der Waals surface area contributed by atoms with Gasteiger partial charge in [-0.15, -0.1) is 0 Å². The van der Waals surface area contributed by atoms with Crippen molar-refractivity contribution in [1.29, 1.82) is 0 Å². The Morgan fingerprint density at radius 3 is 2.56 bits per heavy atom. The Hall–Kier alpha value is -1.65. The lowest BCUT2D eigenvalue weighted by Crippen LogP contribution is -2.41. The fourth-order valence-electron chi connectivity index (χ4n) is 4.11. The van der Waals surface area contributed by atoms with E-state index in [1.807, 2.05) is 11.0 Å². The number of hydrogen-bond donors (Lipinski definition) is 0. The summed E-state index contributed by atoms with van der Waals surface area (Å²) in [5.41, 5.74) is 0.736. The van der Waals surface area contributed by atoms with Crippen LogP contribution in [0.2, 0.25) is 0 Å². The van der Waals surface area contributed by atoms with Crippen LogP contribution in [0.4, 0.5) is 0 Å². The van der Waals surface area contributed by atoms with Crippen LogP contribution in [0.5, 0.6) is 0 Å². The molecule has 25 heavy (non-hydrogen) atoms. The monoisotopic (exact) mass is 345 g/mol. The second-order valence-electron chi connectivity index (χ2n) is 8.73. The summed E-state index contributed by atoms with van der Waals surface area (Å²) >= 11 is 0. The lowest BCUT2D eigenvalue weighted by atomic mass is 9.92. The van der Waals surface area contributed by atoms with E-state index in [2.05, 4.69) is 25.9 Å². The molecule has 1 aromatic rings. The molecule has 0 bridgehead atoms. The second-order valence-corrected chi connectivity index (χ2v) is 8.73. The lowest BCUT2D eigenvalue weighted by Gasteiger charge is -2.27. The number of carbonyl (C=O) groups is 1. The normalized spacial score (nSPS) is 21.9. The quantitative estimate of drug-likeness (QED) is 0.842. The van der Waals surface area contributed by atoms with Crippen LogP contribution < -0.4 is 5.56 Å². The largest absolute Gasteiger partial charge is 0.338 e. The minimum atomic E-state index is -0.0941. The van der Waals surface area contributed by atoms with E-state index in [0.29, 0.717) is 18.9 Å². The van der Waals surface area contributed by atoms with Crippen molar-refractivity contribution < 1.29 is 4.79 Å². The van der Waals surface area contributed by atoms with E-state index in [1.54, 1.807) is 10.7 Å². The second kappa shape index (κ2) is 7.30. The van der Waals surface area contributed by atoms with Gasteiger partial charge < -0.3 is 4.90 Å². The van der Waals surface area contributed by atoms with Crippen molar-refractivity contribution in [1.82, 2.24) is 14.7 Å². The van der Waals surface area contributed by atoms with Gasteiger partial charge in [0.25, 0.3) is 5.56 Å². The summed E-state index contributed by atoms with van der Waals surface area (Å²) in [7, 11) is 0. The maximum absolute atomic E-state index is 12.7. The first kappa shape index (κ1) is 18.2. The van der Waals surface area contributed by atoms with Gasteiger partial charge in [0.05, 0.1) is 18.3 Å². The van der Waals surface area contributed by atoms with Crippen LogP contribution in [0.15, 0.2) is 16.9 Å². The van der Waals surface area contributed by atoms with E-state index in [-0.39, 0.29) is 22.9 Å². The number of amides is 1. The van der Waals surface area contributed by atoms with Crippen molar-refractivity contribution >= 4 is 5.91 Å². The molecule has 1 unspecified atom stereocenters. The SMILES string of the molecule is CC(C)(C)c1ccc(=O)n(CC2CCCN2C(=O)CC2CCCC2)n1. The van der Waals surface area contributed by atoms with E-state index in [0.717, 1.165) is 25.1 Å². The number of carbonyl (C=O) groups excluding carboxylic acids is 1. The Kier molecular flexibility index (Phi) is 5.30. The fourth-order valence-corrected chi connectivity index (χ4v) is 4.11. The molecule has 3 rings (SSSR count). The standard InChI is InChI=1S/C20H31N3O2/c1-20(2,3)17-10-11-18(24)23(21-17)14-16-9-6-12-22(16)19(25)13-15-7-4-5-8-15/h10-11,15-16H,4-9,12-14H2,1-3H3. The van der Waals surface area contributed by atoms with Crippen LogP contribution in [0, 0.1) is 5.92 Å². The third-order valence-electron chi connectivity index (χ3n) is 5.65. The third kappa shape index (κ3) is 4.31. The molecular formula is C20H31N3O2. The van der Waals surface area contributed by atoms with E-state index >= 15 is 0 Å². The van der Waals surface area contributed by atoms with Gasteiger partial charge in [0, 0.05) is 24.4 Å². The Balaban J connectivity index is 1.71. The summed E-state index contributed by atoms with van der Waals surface area (Å²) in [6.45, 7) is 7.62. The number of aromatic nitrogens is 2. The smallest absolute Gasteiger partial charge is 0.266 e. The third-order valence-corrected chi connectivity index (χ3v) is 5.65. The molecule has 0 N–H and O–H groups in total. The van der Waals surface area contributed by atoms with Gasteiger partial charge in [0.2, 0.25) is 5.91 Å². The van der Waals surface area contributed by atoms with Gasteiger partial charge in [-0.3, -0.25) is 9.59 Å². The lowest BCUT2D eigenvalue weighted by molar-refractivity contribution is -0.133. The zero-order chi connectivity index (χ0) is 18.0. The molecule has 1 amide bonds. The van der Waals surface area contributed by atoms with Gasteiger partial charge in [-0.25, -0.2) is 4.68 Å². The summed E-state index contributed by atoms with van der Waals surface area (Å²) in [5, 5.41) is 4.57. The molecule has 0 radical (unpaired) electrons. The number of likely N-dealkylation sites (tertiary alicyclic amines) is 1. The van der Waals surface area contributed by atoms with Crippen molar-refractivity contribution in [3.63, 3.8) is 0 Å². The summed E-state index contributed by atoms with van der Waals surface area (Å²) in [6, 6.07) is 3.53. The molecule has 138 valence electrons. The van der Waals surface area contributed by atoms with Crippen molar-refractivity contribution in [3.8, 4) is 0 Å². The van der Waals surface area contributed by atoms with Crippen LogP contribution in [0.25, 0.3) is 0 Å². The van der Waals surface area contributed by atoms with E-state index in [1.165, 1.54) is 25.7 Å². The molecule has 1 saturated carbocycles. The predicted molar refractivity (Wildman–Crippen MR) is 98.5 cm³/mol. The minimum absolute atomic E-state index is 0.0805. The highest BCUT2D eigenvalue weighted by atomic mass is 16.2. The van der Waals surface area contributed by atoms with Crippen LogP contribution in [0.1, 0.15) is 71.4 Å². The summed E-state index contributed by atoms with van der Waals surface area (Å²) < 4.78 is 1.56. The molecule has 1 aliphatic heterocycles. The summed E-state index contributed by atoms with van der Waals surface area (Å²) in [4.78, 5) is 27.0. The molecule has 2 heterocycles. The molecule has 1 aliphatic carbocycles. The average Bonchev–Trinajstić information content (AvgIpc) is 3.19. The molecule has 2 aliphatic rings. The zero-order valence-corrected chi connectivity index (χ0v) is 15.8. The molecular weight excluding hydrogens is 314 g/mol. The van der Waals surface area contributed by atoms with Crippen LogP contribution in [-0.2, 0) is 16.8 Å². The molecule has 0 aromatic carbocycles. The maximum atomic E-state index is 12.7. The Bertz CT molecular complexity index is 668. The predicted octanol–water partition coefficient (Wildman–Crippen LogP) is 3.11. The maximum Gasteiger partial charge on any atom is 0.266 e. The zero-order valence-electron chi connectivity index (χ0n) is 15.8.